The van der Waals surface area contributed by atoms with Gasteiger partial charge < -0.3 is 4.74 Å². The van der Waals surface area contributed by atoms with Crippen molar-refractivity contribution in [1.82, 2.24) is 14.6 Å². The maximum absolute atomic E-state index is 14.5. The number of sulfone groups is 1. The first-order valence-electron chi connectivity index (χ1n) is 9.73. The van der Waals surface area contributed by atoms with Crippen LogP contribution in [0.4, 0.5) is 4.39 Å². The summed E-state index contributed by atoms with van der Waals surface area (Å²) in [5, 5.41) is 8.28. The van der Waals surface area contributed by atoms with Crippen LogP contribution in [0.5, 0.6) is 5.75 Å². The van der Waals surface area contributed by atoms with Crippen LogP contribution in [0.3, 0.4) is 0 Å². The Morgan fingerprint density at radius 1 is 1.06 bits per heavy atom. The highest BCUT2D eigenvalue weighted by Crippen LogP contribution is 2.28. The quantitative estimate of drug-likeness (QED) is 0.453. The number of halogens is 1. The Balaban J connectivity index is 1.66. The molecule has 0 atom stereocenters. The number of nitrogens with zero attached hydrogens (tertiary/aromatic N) is 3. The number of aryl methyl sites for hydroxylation is 2. The molecule has 4 aromatic rings. The van der Waals surface area contributed by atoms with Crippen LogP contribution in [-0.4, -0.2) is 36.4 Å². The second-order valence-corrected chi connectivity index (χ2v) is 9.50. The molecule has 2 aromatic heterocycles. The Bertz CT molecular complexity index is 1360. The Labute approximate surface area is 180 Å². The molecule has 2 heterocycles. The second kappa shape index (κ2) is 8.11. The van der Waals surface area contributed by atoms with Crippen LogP contribution in [0.1, 0.15) is 16.8 Å². The van der Waals surface area contributed by atoms with E-state index in [1.165, 1.54) is 12.3 Å². The molecule has 6 nitrogen and oxygen atoms in total. The molecule has 0 saturated heterocycles. The summed E-state index contributed by atoms with van der Waals surface area (Å²) in [7, 11) is -1.72. The summed E-state index contributed by atoms with van der Waals surface area (Å²) in [6.07, 6.45) is 3.84. The number of hydrogen-bond donors (Lipinski definition) is 0. The van der Waals surface area contributed by atoms with Gasteiger partial charge in [-0.25, -0.2) is 12.8 Å². The van der Waals surface area contributed by atoms with Crippen molar-refractivity contribution in [3.63, 3.8) is 0 Å². The number of fused-ring (bicyclic) bond motifs is 1. The van der Waals surface area contributed by atoms with Gasteiger partial charge in [0.25, 0.3) is 0 Å². The molecule has 0 spiro atoms. The molecule has 0 unspecified atom stereocenters. The first-order valence-corrected chi connectivity index (χ1v) is 11.6. The molecule has 4 rings (SSSR count). The van der Waals surface area contributed by atoms with Gasteiger partial charge in [-0.3, -0.25) is 4.40 Å². The van der Waals surface area contributed by atoms with Gasteiger partial charge in [0.15, 0.2) is 15.5 Å². The van der Waals surface area contributed by atoms with E-state index in [1.807, 2.05) is 29.5 Å². The van der Waals surface area contributed by atoms with Gasteiger partial charge in [-0.1, -0.05) is 12.1 Å². The summed E-state index contributed by atoms with van der Waals surface area (Å²) >= 11 is 0. The van der Waals surface area contributed by atoms with E-state index in [9.17, 15) is 12.8 Å². The third kappa shape index (κ3) is 4.16. The van der Waals surface area contributed by atoms with Crippen LogP contribution in [0.15, 0.2) is 59.8 Å². The lowest BCUT2D eigenvalue weighted by molar-refractivity contribution is 0.404. The van der Waals surface area contributed by atoms with Crippen molar-refractivity contribution < 1.29 is 17.5 Å². The van der Waals surface area contributed by atoms with E-state index in [1.54, 1.807) is 37.7 Å². The third-order valence-electron chi connectivity index (χ3n) is 5.28. The molecular weight excluding hydrogens is 417 g/mol. The SMILES string of the molecule is COc1cc(C)cc(F)c1CCc1ccc(-c2ccc(S(C)(=O)=O)cc2)c2nncn12. The summed E-state index contributed by atoms with van der Waals surface area (Å²) < 4.78 is 45.2. The summed E-state index contributed by atoms with van der Waals surface area (Å²) in [6.45, 7) is 1.83. The number of hydrogen-bond acceptors (Lipinski definition) is 5. The van der Waals surface area contributed by atoms with Crippen LogP contribution in [0.25, 0.3) is 16.8 Å². The molecule has 160 valence electrons. The lowest BCUT2D eigenvalue weighted by Gasteiger charge is -2.13. The predicted octanol–water partition coefficient (Wildman–Crippen LogP) is 4.04. The van der Waals surface area contributed by atoms with Gasteiger partial charge in [0.2, 0.25) is 0 Å². The summed E-state index contributed by atoms with van der Waals surface area (Å²) in [5.74, 6) is 0.263. The Hall–Kier alpha value is -3.26. The van der Waals surface area contributed by atoms with E-state index in [0.29, 0.717) is 29.8 Å². The Kier molecular flexibility index (Phi) is 5.49. The van der Waals surface area contributed by atoms with Crippen molar-refractivity contribution in [1.29, 1.82) is 0 Å². The number of methoxy groups -OCH3 is 1. The van der Waals surface area contributed by atoms with Crippen LogP contribution in [0.2, 0.25) is 0 Å². The van der Waals surface area contributed by atoms with Crippen LogP contribution in [-0.2, 0) is 22.7 Å². The van der Waals surface area contributed by atoms with Gasteiger partial charge in [0.1, 0.15) is 17.9 Å². The molecule has 0 aliphatic heterocycles. The van der Waals surface area contributed by atoms with Crippen molar-refractivity contribution in [2.24, 2.45) is 0 Å². The van der Waals surface area contributed by atoms with Crippen molar-refractivity contribution in [2.75, 3.05) is 13.4 Å². The number of benzene rings is 2. The predicted molar refractivity (Wildman–Crippen MR) is 117 cm³/mol. The standard InChI is InChI=1S/C23H22FN3O3S/c1-15-12-21(24)20(22(13-15)30-2)11-7-17-6-10-19(23-26-25-14-27(17)23)16-4-8-18(9-5-16)31(3,28)29/h4-6,8-10,12-14H,7,11H2,1-3H3. The molecule has 0 N–H and O–H groups in total. The first-order chi connectivity index (χ1) is 14.8. The van der Waals surface area contributed by atoms with Gasteiger partial charge in [0.05, 0.1) is 12.0 Å². The zero-order valence-electron chi connectivity index (χ0n) is 17.5. The first kappa shape index (κ1) is 21.0. The topological polar surface area (TPSA) is 73.6 Å². The van der Waals surface area contributed by atoms with Gasteiger partial charge in [0, 0.05) is 23.1 Å². The highest BCUT2D eigenvalue weighted by atomic mass is 32.2. The largest absolute Gasteiger partial charge is 0.496 e. The molecule has 0 saturated carbocycles. The van der Waals surface area contributed by atoms with E-state index >= 15 is 0 Å². The van der Waals surface area contributed by atoms with Gasteiger partial charge in [-0.05, 0) is 67.3 Å². The number of rotatable bonds is 6. The van der Waals surface area contributed by atoms with Crippen molar-refractivity contribution in [2.45, 2.75) is 24.7 Å². The Morgan fingerprint density at radius 2 is 1.81 bits per heavy atom. The second-order valence-electron chi connectivity index (χ2n) is 7.49. The van der Waals surface area contributed by atoms with E-state index in [-0.39, 0.29) is 10.7 Å². The molecule has 0 aliphatic rings. The van der Waals surface area contributed by atoms with E-state index < -0.39 is 9.84 Å². The highest BCUT2D eigenvalue weighted by molar-refractivity contribution is 7.90. The summed E-state index contributed by atoms with van der Waals surface area (Å²) in [5.41, 5.74) is 4.60. The number of aromatic nitrogens is 3. The fourth-order valence-corrected chi connectivity index (χ4v) is 4.32. The maximum atomic E-state index is 14.5. The van der Waals surface area contributed by atoms with Gasteiger partial charge in [-0.2, -0.15) is 0 Å². The van der Waals surface area contributed by atoms with Crippen LogP contribution < -0.4 is 4.74 Å². The van der Waals surface area contributed by atoms with Crippen molar-refractivity contribution in [3.05, 3.63) is 77.5 Å². The molecule has 0 aliphatic carbocycles. The third-order valence-corrected chi connectivity index (χ3v) is 6.41. The average molecular weight is 440 g/mol. The molecule has 0 radical (unpaired) electrons. The highest BCUT2D eigenvalue weighted by Gasteiger charge is 2.15. The summed E-state index contributed by atoms with van der Waals surface area (Å²) in [6, 6.07) is 13.9. The minimum Gasteiger partial charge on any atom is -0.496 e. The van der Waals surface area contributed by atoms with Crippen LogP contribution >= 0.6 is 0 Å². The molecule has 0 amide bonds. The van der Waals surface area contributed by atoms with Gasteiger partial charge in [-0.15, -0.1) is 10.2 Å². The summed E-state index contributed by atoms with van der Waals surface area (Å²) in [4.78, 5) is 0.263. The fraction of sp³-hybridized carbons (Fsp3) is 0.217. The average Bonchev–Trinajstić information content (AvgIpc) is 3.22. The normalized spacial score (nSPS) is 11.7. The monoisotopic (exact) mass is 439 g/mol. The Morgan fingerprint density at radius 3 is 2.48 bits per heavy atom. The lowest BCUT2D eigenvalue weighted by Crippen LogP contribution is -2.04. The van der Waals surface area contributed by atoms with E-state index in [4.69, 9.17) is 4.74 Å². The molecule has 31 heavy (non-hydrogen) atoms. The minimum absolute atomic E-state index is 0.263. The lowest BCUT2D eigenvalue weighted by atomic mass is 10.0. The zero-order chi connectivity index (χ0) is 22.2. The van der Waals surface area contributed by atoms with E-state index in [2.05, 4.69) is 10.2 Å². The molecule has 2 aromatic carbocycles. The smallest absolute Gasteiger partial charge is 0.175 e. The molecule has 0 fully saturated rings. The van der Waals surface area contributed by atoms with E-state index in [0.717, 1.165) is 22.4 Å². The van der Waals surface area contributed by atoms with Gasteiger partial charge >= 0.3 is 0 Å². The van der Waals surface area contributed by atoms with Crippen LogP contribution in [0, 0.1) is 12.7 Å². The zero-order valence-corrected chi connectivity index (χ0v) is 18.3. The van der Waals surface area contributed by atoms with Crippen molar-refractivity contribution >= 4 is 15.5 Å². The van der Waals surface area contributed by atoms with Crippen molar-refractivity contribution in [3.8, 4) is 16.9 Å². The number of pyridine rings is 1. The number of ether oxygens (including phenoxy) is 1. The molecule has 8 heteroatoms. The maximum Gasteiger partial charge on any atom is 0.175 e. The fourth-order valence-electron chi connectivity index (χ4n) is 3.69. The molecular formula is C23H22FN3O3S. The molecule has 0 bridgehead atoms. The minimum atomic E-state index is -3.26.